The van der Waals surface area contributed by atoms with Gasteiger partial charge >= 0.3 is 0 Å². The lowest BCUT2D eigenvalue weighted by Gasteiger charge is -2.08. The van der Waals surface area contributed by atoms with Gasteiger partial charge in [0.2, 0.25) is 11.7 Å². The summed E-state index contributed by atoms with van der Waals surface area (Å²) >= 11 is 4.86. The van der Waals surface area contributed by atoms with Gasteiger partial charge in [0, 0.05) is 6.42 Å². The molecule has 150 valence electrons. The van der Waals surface area contributed by atoms with Crippen LogP contribution in [0.3, 0.4) is 0 Å². The summed E-state index contributed by atoms with van der Waals surface area (Å²) in [7, 11) is 0. The third-order valence-corrected chi connectivity index (χ3v) is 5.50. The van der Waals surface area contributed by atoms with Gasteiger partial charge in [0.1, 0.15) is 0 Å². The molecule has 0 amide bonds. The van der Waals surface area contributed by atoms with Crippen LogP contribution in [-0.2, 0) is 18.7 Å². The van der Waals surface area contributed by atoms with Gasteiger partial charge in [-0.3, -0.25) is 4.57 Å². The number of hydrogen-bond acceptors (Lipinski definition) is 7. The molecule has 0 aliphatic carbocycles. The molecule has 4 aromatic rings. The van der Waals surface area contributed by atoms with E-state index in [-0.39, 0.29) is 0 Å². The summed E-state index contributed by atoms with van der Waals surface area (Å²) < 4.78 is 13.8. The molecule has 0 radical (unpaired) electrons. The SMILES string of the molecule is CC(C)Cc1noc(CSc2nnc(-c3ccc(Br)o3)n2Cc2ccccc2)n1. The van der Waals surface area contributed by atoms with Gasteiger partial charge in [-0.2, -0.15) is 4.98 Å². The summed E-state index contributed by atoms with van der Waals surface area (Å²) in [5.74, 6) is 3.67. The highest BCUT2D eigenvalue weighted by Gasteiger charge is 2.19. The molecule has 3 aromatic heterocycles. The number of benzene rings is 1. The molecule has 0 aliphatic rings. The third kappa shape index (κ3) is 4.97. The molecule has 0 saturated carbocycles. The maximum Gasteiger partial charge on any atom is 0.237 e. The van der Waals surface area contributed by atoms with Gasteiger partial charge in [-0.05, 0) is 39.5 Å². The van der Waals surface area contributed by atoms with Crippen LogP contribution in [0.5, 0.6) is 0 Å². The van der Waals surface area contributed by atoms with Gasteiger partial charge in [0.25, 0.3) is 0 Å². The minimum absolute atomic E-state index is 0.484. The van der Waals surface area contributed by atoms with E-state index in [4.69, 9.17) is 8.94 Å². The van der Waals surface area contributed by atoms with Crippen molar-refractivity contribution >= 4 is 27.7 Å². The zero-order chi connectivity index (χ0) is 20.2. The lowest BCUT2D eigenvalue weighted by molar-refractivity contribution is 0.382. The smallest absolute Gasteiger partial charge is 0.237 e. The van der Waals surface area contributed by atoms with E-state index in [1.54, 1.807) is 0 Å². The first-order chi connectivity index (χ1) is 14.1. The topological polar surface area (TPSA) is 82.8 Å². The van der Waals surface area contributed by atoms with Crippen LogP contribution in [0.25, 0.3) is 11.6 Å². The van der Waals surface area contributed by atoms with Crippen molar-refractivity contribution in [3.63, 3.8) is 0 Å². The monoisotopic (exact) mass is 473 g/mol. The van der Waals surface area contributed by atoms with E-state index in [0.29, 0.717) is 40.4 Å². The van der Waals surface area contributed by atoms with Crippen molar-refractivity contribution < 1.29 is 8.94 Å². The Hall–Kier alpha value is -2.39. The van der Waals surface area contributed by atoms with E-state index < -0.39 is 0 Å². The molecule has 3 heterocycles. The van der Waals surface area contributed by atoms with Crippen molar-refractivity contribution in [3.05, 3.63) is 64.4 Å². The maximum absolute atomic E-state index is 5.71. The van der Waals surface area contributed by atoms with Crippen molar-refractivity contribution in [1.82, 2.24) is 24.9 Å². The minimum atomic E-state index is 0.484. The predicted octanol–water partition coefficient (Wildman–Crippen LogP) is 5.22. The highest BCUT2D eigenvalue weighted by molar-refractivity contribution is 9.10. The Morgan fingerprint density at radius 3 is 2.66 bits per heavy atom. The number of furan rings is 1. The van der Waals surface area contributed by atoms with E-state index >= 15 is 0 Å². The average Bonchev–Trinajstić information content (AvgIpc) is 3.41. The number of rotatable bonds is 8. The van der Waals surface area contributed by atoms with Gasteiger partial charge in [0.05, 0.1) is 12.3 Å². The number of aromatic nitrogens is 5. The van der Waals surface area contributed by atoms with Crippen LogP contribution in [0.1, 0.15) is 31.1 Å². The van der Waals surface area contributed by atoms with E-state index in [1.165, 1.54) is 11.8 Å². The molecule has 0 bridgehead atoms. The van der Waals surface area contributed by atoms with E-state index in [2.05, 4.69) is 62.2 Å². The Kier molecular flexibility index (Phi) is 6.15. The molecule has 29 heavy (non-hydrogen) atoms. The summed E-state index contributed by atoms with van der Waals surface area (Å²) in [5, 5.41) is 13.6. The van der Waals surface area contributed by atoms with Crippen LogP contribution >= 0.6 is 27.7 Å². The molecule has 0 spiro atoms. The first-order valence-corrected chi connectivity index (χ1v) is 11.0. The number of hydrogen-bond donors (Lipinski definition) is 0. The van der Waals surface area contributed by atoms with Crippen molar-refractivity contribution in [2.75, 3.05) is 0 Å². The Bertz CT molecular complexity index is 1070. The Morgan fingerprint density at radius 1 is 1.10 bits per heavy atom. The van der Waals surface area contributed by atoms with Crippen molar-refractivity contribution in [2.24, 2.45) is 5.92 Å². The van der Waals surface area contributed by atoms with Crippen molar-refractivity contribution in [2.45, 2.75) is 37.7 Å². The van der Waals surface area contributed by atoms with Gasteiger partial charge < -0.3 is 8.94 Å². The van der Waals surface area contributed by atoms with Crippen molar-refractivity contribution in [3.8, 4) is 11.6 Å². The van der Waals surface area contributed by atoms with E-state index in [9.17, 15) is 0 Å². The van der Waals surface area contributed by atoms with Crippen LogP contribution < -0.4 is 0 Å². The second-order valence-electron chi connectivity index (χ2n) is 6.97. The lowest BCUT2D eigenvalue weighted by atomic mass is 10.1. The van der Waals surface area contributed by atoms with Gasteiger partial charge in [-0.15, -0.1) is 10.2 Å². The Balaban J connectivity index is 1.57. The average molecular weight is 474 g/mol. The van der Waals surface area contributed by atoms with Crippen LogP contribution in [0.15, 0.2) is 61.2 Å². The zero-order valence-electron chi connectivity index (χ0n) is 16.1. The molecule has 0 unspecified atom stereocenters. The first-order valence-electron chi connectivity index (χ1n) is 9.25. The fraction of sp³-hybridized carbons (Fsp3) is 0.300. The standard InChI is InChI=1S/C20H20BrN5O2S/c1-13(2)10-17-22-18(28-25-17)12-29-20-24-23-19(15-8-9-16(21)27-15)26(20)11-14-6-4-3-5-7-14/h3-9,13H,10-12H2,1-2H3. The third-order valence-electron chi connectivity index (χ3n) is 4.12. The number of nitrogens with zero attached hydrogens (tertiary/aromatic N) is 5. The first kappa shape index (κ1) is 19.9. The Morgan fingerprint density at radius 2 is 1.93 bits per heavy atom. The van der Waals surface area contributed by atoms with Crippen LogP contribution in [-0.4, -0.2) is 24.9 Å². The predicted molar refractivity (Wildman–Crippen MR) is 113 cm³/mol. The molecule has 1 aromatic carbocycles. The molecule has 9 heteroatoms. The molecule has 0 atom stereocenters. The molecular weight excluding hydrogens is 454 g/mol. The van der Waals surface area contributed by atoms with Crippen LogP contribution in [0.4, 0.5) is 0 Å². The van der Waals surface area contributed by atoms with Gasteiger partial charge in [-0.25, -0.2) is 0 Å². The highest BCUT2D eigenvalue weighted by atomic mass is 79.9. The number of halogens is 1. The van der Waals surface area contributed by atoms with Crippen molar-refractivity contribution in [1.29, 1.82) is 0 Å². The second-order valence-corrected chi connectivity index (χ2v) is 8.70. The molecule has 0 aliphatic heterocycles. The molecule has 0 fully saturated rings. The summed E-state index contributed by atoms with van der Waals surface area (Å²) in [6, 6.07) is 13.9. The van der Waals surface area contributed by atoms with Crippen LogP contribution in [0, 0.1) is 5.92 Å². The molecule has 4 rings (SSSR count). The summed E-state index contributed by atoms with van der Waals surface area (Å²) in [5.41, 5.74) is 1.15. The van der Waals surface area contributed by atoms with Crippen LogP contribution in [0.2, 0.25) is 0 Å². The highest BCUT2D eigenvalue weighted by Crippen LogP contribution is 2.29. The minimum Gasteiger partial charge on any atom is -0.446 e. The molecular formula is C20H20BrN5O2S. The fourth-order valence-electron chi connectivity index (χ4n) is 2.84. The van der Waals surface area contributed by atoms with Gasteiger partial charge in [0.15, 0.2) is 21.4 Å². The molecule has 0 saturated heterocycles. The Labute approximate surface area is 181 Å². The summed E-state index contributed by atoms with van der Waals surface area (Å²) in [6.07, 6.45) is 0.801. The molecule has 7 nitrogen and oxygen atoms in total. The molecule has 0 N–H and O–H groups in total. The summed E-state index contributed by atoms with van der Waals surface area (Å²) in [4.78, 5) is 4.47. The maximum atomic E-state index is 5.71. The lowest BCUT2D eigenvalue weighted by Crippen LogP contribution is -2.04. The van der Waals surface area contributed by atoms with Gasteiger partial charge in [-0.1, -0.05) is 61.1 Å². The van der Waals surface area contributed by atoms with E-state index in [1.807, 2.05) is 34.9 Å². The zero-order valence-corrected chi connectivity index (χ0v) is 18.5. The quantitative estimate of drug-likeness (QED) is 0.324. The van der Waals surface area contributed by atoms with E-state index in [0.717, 1.165) is 23.0 Å². The number of thioether (sulfide) groups is 1. The largest absolute Gasteiger partial charge is 0.446 e. The second kappa shape index (κ2) is 8.96. The summed E-state index contributed by atoms with van der Waals surface area (Å²) in [6.45, 7) is 4.89. The normalized spacial score (nSPS) is 11.4. The fourth-order valence-corrected chi connectivity index (χ4v) is 3.93.